The van der Waals surface area contributed by atoms with E-state index in [2.05, 4.69) is 166 Å². The van der Waals surface area contributed by atoms with Crippen LogP contribution in [0.1, 0.15) is 36.0 Å². The Bertz CT molecular complexity index is 2680. The number of fused-ring (bicyclic) bond motifs is 9. The largest absolute Gasteiger partial charge is 0.228 e. The van der Waals surface area contributed by atoms with Crippen molar-refractivity contribution in [1.29, 1.82) is 0 Å². The summed E-state index contributed by atoms with van der Waals surface area (Å²) in [7, 11) is 0. The van der Waals surface area contributed by atoms with Crippen molar-refractivity contribution in [1.82, 2.24) is 9.97 Å². The fourth-order valence-electron chi connectivity index (χ4n) is 8.09. The average Bonchev–Trinajstić information content (AvgIpc) is 3.16. The minimum Gasteiger partial charge on any atom is -0.228 e. The Labute approximate surface area is 286 Å². The standard InChI is InChI=1S/C47H36N2/c1-3-32(29-31-16-6-4-7-17-31)43-40(47-48-41-24-13-12-22-38(41)46(49-47)34-19-8-5-9-20-34)28-27-37-36-26-25-33-18-10-11-21-35(33)44(36)39-23-14-15-30(2)42(39)45(37)43/h4-28,32H,3,29H2,1-2H3. The molecule has 0 saturated heterocycles. The number of hydrogen-bond acceptors (Lipinski definition) is 2. The summed E-state index contributed by atoms with van der Waals surface area (Å²) >= 11 is 0. The van der Waals surface area contributed by atoms with Gasteiger partial charge in [-0.3, -0.25) is 0 Å². The summed E-state index contributed by atoms with van der Waals surface area (Å²) in [5.41, 5.74) is 8.11. The van der Waals surface area contributed by atoms with Gasteiger partial charge < -0.3 is 0 Å². The molecule has 1 unspecified atom stereocenters. The molecule has 0 amide bonds. The van der Waals surface area contributed by atoms with E-state index < -0.39 is 0 Å². The second kappa shape index (κ2) is 12.0. The number of nitrogens with zero attached hydrogens (tertiary/aromatic N) is 2. The van der Waals surface area contributed by atoms with Gasteiger partial charge in [-0.2, -0.15) is 0 Å². The SMILES string of the molecule is CCC(Cc1ccccc1)c1c(-c2nc(-c3ccccc3)c3ccccc3n2)ccc2c3ccc4ccccc4c3c3cccc(C)c3c12. The fraction of sp³-hybridized carbons (Fsp3) is 0.106. The zero-order valence-corrected chi connectivity index (χ0v) is 27.8. The molecule has 1 aromatic heterocycles. The van der Waals surface area contributed by atoms with E-state index in [0.29, 0.717) is 0 Å². The van der Waals surface area contributed by atoms with Crippen molar-refractivity contribution in [2.24, 2.45) is 0 Å². The Morgan fingerprint density at radius 1 is 0.510 bits per heavy atom. The van der Waals surface area contributed by atoms with E-state index in [-0.39, 0.29) is 5.92 Å². The molecule has 0 bridgehead atoms. The molecule has 9 aromatic rings. The summed E-state index contributed by atoms with van der Waals surface area (Å²) in [5, 5.41) is 11.5. The highest BCUT2D eigenvalue weighted by atomic mass is 14.9. The Morgan fingerprint density at radius 3 is 2.00 bits per heavy atom. The van der Waals surface area contributed by atoms with E-state index in [1.807, 2.05) is 0 Å². The molecule has 0 saturated carbocycles. The van der Waals surface area contributed by atoms with E-state index in [0.717, 1.165) is 46.4 Å². The van der Waals surface area contributed by atoms with Gasteiger partial charge in [-0.25, -0.2) is 9.97 Å². The van der Waals surface area contributed by atoms with Gasteiger partial charge in [-0.15, -0.1) is 0 Å². The molecule has 8 aromatic carbocycles. The number of hydrogen-bond donors (Lipinski definition) is 0. The lowest BCUT2D eigenvalue weighted by Crippen LogP contribution is -2.07. The molecule has 9 rings (SSSR count). The number of benzene rings is 8. The minimum atomic E-state index is 0.247. The first kappa shape index (κ1) is 29.3. The van der Waals surface area contributed by atoms with Gasteiger partial charge in [0.25, 0.3) is 0 Å². The molecule has 2 nitrogen and oxygen atoms in total. The maximum Gasteiger partial charge on any atom is 0.160 e. The van der Waals surface area contributed by atoms with E-state index in [1.165, 1.54) is 59.8 Å². The molecule has 0 aliphatic carbocycles. The third-order valence-corrected chi connectivity index (χ3v) is 10.4. The van der Waals surface area contributed by atoms with Crippen molar-refractivity contribution in [2.45, 2.75) is 32.6 Å². The van der Waals surface area contributed by atoms with Crippen molar-refractivity contribution in [3.8, 4) is 22.6 Å². The van der Waals surface area contributed by atoms with Gasteiger partial charge in [0, 0.05) is 16.5 Å². The van der Waals surface area contributed by atoms with Crippen LogP contribution in [0.5, 0.6) is 0 Å². The predicted molar refractivity (Wildman–Crippen MR) is 208 cm³/mol. The molecule has 1 heterocycles. The molecule has 234 valence electrons. The summed E-state index contributed by atoms with van der Waals surface area (Å²) in [6.07, 6.45) is 1.93. The van der Waals surface area contributed by atoms with Crippen LogP contribution < -0.4 is 0 Å². The monoisotopic (exact) mass is 628 g/mol. The van der Waals surface area contributed by atoms with Crippen LogP contribution in [0.25, 0.3) is 76.6 Å². The van der Waals surface area contributed by atoms with Gasteiger partial charge in [0.2, 0.25) is 0 Å². The molecule has 0 N–H and O–H groups in total. The lowest BCUT2D eigenvalue weighted by molar-refractivity contribution is 0.666. The van der Waals surface area contributed by atoms with Crippen LogP contribution in [-0.4, -0.2) is 9.97 Å². The van der Waals surface area contributed by atoms with Crippen molar-refractivity contribution < 1.29 is 0 Å². The Morgan fingerprint density at radius 2 is 1.18 bits per heavy atom. The highest BCUT2D eigenvalue weighted by Gasteiger charge is 2.25. The van der Waals surface area contributed by atoms with Crippen molar-refractivity contribution in [3.05, 3.63) is 168 Å². The quantitative estimate of drug-likeness (QED) is 0.171. The maximum atomic E-state index is 5.43. The summed E-state index contributed by atoms with van der Waals surface area (Å²) < 4.78 is 0. The van der Waals surface area contributed by atoms with Gasteiger partial charge in [-0.05, 0) is 91.5 Å². The predicted octanol–water partition coefficient (Wildman–Crippen LogP) is 12.6. The van der Waals surface area contributed by atoms with E-state index in [4.69, 9.17) is 9.97 Å². The lowest BCUT2D eigenvalue weighted by atomic mass is 9.79. The summed E-state index contributed by atoms with van der Waals surface area (Å²) in [6.45, 7) is 4.60. The van der Waals surface area contributed by atoms with Crippen LogP contribution >= 0.6 is 0 Å². The van der Waals surface area contributed by atoms with E-state index in [9.17, 15) is 0 Å². The molecule has 0 aliphatic heterocycles. The van der Waals surface area contributed by atoms with Crippen LogP contribution in [0, 0.1) is 6.92 Å². The van der Waals surface area contributed by atoms with E-state index in [1.54, 1.807) is 0 Å². The smallest absolute Gasteiger partial charge is 0.160 e. The van der Waals surface area contributed by atoms with Crippen LogP contribution in [-0.2, 0) is 6.42 Å². The first-order valence-corrected chi connectivity index (χ1v) is 17.4. The third kappa shape index (κ3) is 4.86. The van der Waals surface area contributed by atoms with Gasteiger partial charge in [0.1, 0.15) is 0 Å². The van der Waals surface area contributed by atoms with Gasteiger partial charge >= 0.3 is 0 Å². The molecule has 1 atom stereocenters. The Balaban J connectivity index is 1.45. The summed E-state index contributed by atoms with van der Waals surface area (Å²) in [6, 6.07) is 54.8. The fourth-order valence-corrected chi connectivity index (χ4v) is 8.09. The Kier molecular flexibility index (Phi) is 7.16. The molecule has 49 heavy (non-hydrogen) atoms. The number of rotatable bonds is 6. The molecule has 0 radical (unpaired) electrons. The van der Waals surface area contributed by atoms with Crippen LogP contribution in [0.4, 0.5) is 0 Å². The van der Waals surface area contributed by atoms with Crippen LogP contribution in [0.2, 0.25) is 0 Å². The molecule has 0 fully saturated rings. The second-order valence-corrected chi connectivity index (χ2v) is 13.2. The molecular formula is C47H36N2. The zero-order valence-electron chi connectivity index (χ0n) is 27.8. The first-order chi connectivity index (χ1) is 24.2. The topological polar surface area (TPSA) is 25.8 Å². The minimum absolute atomic E-state index is 0.247. The van der Waals surface area contributed by atoms with E-state index >= 15 is 0 Å². The average molecular weight is 629 g/mol. The normalized spacial score (nSPS) is 12.4. The maximum absolute atomic E-state index is 5.43. The van der Waals surface area contributed by atoms with Gasteiger partial charge in [0.15, 0.2) is 5.82 Å². The number of aryl methyl sites for hydroxylation is 1. The molecular weight excluding hydrogens is 593 g/mol. The van der Waals surface area contributed by atoms with Crippen LogP contribution in [0.3, 0.4) is 0 Å². The van der Waals surface area contributed by atoms with Crippen molar-refractivity contribution in [2.75, 3.05) is 0 Å². The first-order valence-electron chi connectivity index (χ1n) is 17.4. The van der Waals surface area contributed by atoms with Gasteiger partial charge in [-0.1, -0.05) is 153 Å². The third-order valence-electron chi connectivity index (χ3n) is 10.4. The molecule has 0 spiro atoms. The van der Waals surface area contributed by atoms with Crippen molar-refractivity contribution >= 4 is 54.0 Å². The molecule has 2 heteroatoms. The highest BCUT2D eigenvalue weighted by molar-refractivity contribution is 6.33. The Hall–Kier alpha value is -5.86. The van der Waals surface area contributed by atoms with Crippen LogP contribution in [0.15, 0.2) is 152 Å². The van der Waals surface area contributed by atoms with Gasteiger partial charge in [0.05, 0.1) is 11.2 Å². The molecule has 0 aliphatic rings. The highest BCUT2D eigenvalue weighted by Crippen LogP contribution is 2.47. The number of para-hydroxylation sites is 1. The zero-order chi connectivity index (χ0) is 32.9. The lowest BCUT2D eigenvalue weighted by Gasteiger charge is -2.25. The summed E-state index contributed by atoms with van der Waals surface area (Å²) in [5.74, 6) is 1.03. The summed E-state index contributed by atoms with van der Waals surface area (Å²) in [4.78, 5) is 10.7. The second-order valence-electron chi connectivity index (χ2n) is 13.2. The van der Waals surface area contributed by atoms with Crippen molar-refractivity contribution in [3.63, 3.8) is 0 Å². The number of aromatic nitrogens is 2.